The fourth-order valence-electron chi connectivity index (χ4n) is 3.08. The molecule has 1 N–H and O–H groups in total. The lowest BCUT2D eigenvalue weighted by atomic mass is 10.1. The normalized spacial score (nSPS) is 11.2. The minimum absolute atomic E-state index is 0.276. The average Bonchev–Trinajstić information content (AvgIpc) is 3.01. The number of hydrogen-bond acceptors (Lipinski definition) is 4. The molecule has 0 aliphatic carbocycles. The minimum Gasteiger partial charge on any atom is -0.303 e. The predicted molar refractivity (Wildman–Crippen MR) is 107 cm³/mol. The Morgan fingerprint density at radius 3 is 2.85 bits per heavy atom. The topological polar surface area (TPSA) is 72.7 Å². The molecular formula is C21H21N5O. The van der Waals surface area contributed by atoms with Crippen molar-refractivity contribution in [3.63, 3.8) is 0 Å². The fourth-order valence-corrected chi connectivity index (χ4v) is 3.08. The third-order valence-electron chi connectivity index (χ3n) is 4.53. The zero-order valence-electron chi connectivity index (χ0n) is 15.4. The van der Waals surface area contributed by atoms with Gasteiger partial charge in [0.15, 0.2) is 11.5 Å². The van der Waals surface area contributed by atoms with E-state index in [4.69, 9.17) is 4.98 Å². The van der Waals surface area contributed by atoms with Gasteiger partial charge in [-0.25, -0.2) is 9.67 Å². The second kappa shape index (κ2) is 7.15. The Kier molecular flexibility index (Phi) is 4.54. The molecule has 0 aliphatic heterocycles. The van der Waals surface area contributed by atoms with Gasteiger partial charge in [0.25, 0.3) is 5.91 Å². The van der Waals surface area contributed by atoms with Gasteiger partial charge in [0.2, 0.25) is 0 Å². The first-order chi connectivity index (χ1) is 13.2. The van der Waals surface area contributed by atoms with E-state index in [0.29, 0.717) is 11.5 Å². The van der Waals surface area contributed by atoms with E-state index in [-0.39, 0.29) is 5.91 Å². The lowest BCUT2D eigenvalue weighted by Gasteiger charge is -2.03. The number of pyridine rings is 2. The van der Waals surface area contributed by atoms with Crippen molar-refractivity contribution in [3.05, 3.63) is 59.9 Å². The second-order valence-electron chi connectivity index (χ2n) is 6.65. The van der Waals surface area contributed by atoms with Gasteiger partial charge in [0.1, 0.15) is 5.69 Å². The van der Waals surface area contributed by atoms with E-state index < -0.39 is 0 Å². The standard InChI is InChI=1S/C21H21N5O/c1-3-4-11-26-20-16(13-15-9-8-14(2)12-18(15)23-20)19(25-26)24-21(27)17-7-5-6-10-22-17/h5-10,12-13H,3-4,11H2,1-2H3,(H,24,25,27). The van der Waals surface area contributed by atoms with Crippen molar-refractivity contribution >= 4 is 33.7 Å². The third-order valence-corrected chi connectivity index (χ3v) is 4.53. The van der Waals surface area contributed by atoms with E-state index in [1.165, 1.54) is 0 Å². The predicted octanol–water partition coefficient (Wildman–Crippen LogP) is 4.34. The molecule has 0 saturated carbocycles. The van der Waals surface area contributed by atoms with E-state index in [1.54, 1.807) is 24.4 Å². The molecule has 0 unspecified atom stereocenters. The molecule has 136 valence electrons. The van der Waals surface area contributed by atoms with Gasteiger partial charge >= 0.3 is 0 Å². The highest BCUT2D eigenvalue weighted by Crippen LogP contribution is 2.27. The number of anilines is 1. The molecule has 0 radical (unpaired) electrons. The number of unbranched alkanes of at least 4 members (excludes halogenated alkanes) is 1. The maximum atomic E-state index is 12.5. The number of benzene rings is 1. The maximum absolute atomic E-state index is 12.5. The summed E-state index contributed by atoms with van der Waals surface area (Å²) >= 11 is 0. The van der Waals surface area contributed by atoms with Crippen molar-refractivity contribution in [1.29, 1.82) is 0 Å². The molecule has 0 fully saturated rings. The number of hydrogen-bond donors (Lipinski definition) is 1. The van der Waals surface area contributed by atoms with Crippen LogP contribution in [0.25, 0.3) is 21.9 Å². The summed E-state index contributed by atoms with van der Waals surface area (Å²) in [4.78, 5) is 21.5. The molecule has 3 aromatic heterocycles. The number of rotatable bonds is 5. The van der Waals surface area contributed by atoms with Crippen LogP contribution in [0, 0.1) is 6.92 Å². The Hall–Kier alpha value is -3.28. The molecule has 0 spiro atoms. The molecule has 6 nitrogen and oxygen atoms in total. The van der Waals surface area contributed by atoms with Crippen molar-refractivity contribution in [3.8, 4) is 0 Å². The monoisotopic (exact) mass is 359 g/mol. The third kappa shape index (κ3) is 3.38. The fraction of sp³-hybridized carbons (Fsp3) is 0.238. The summed E-state index contributed by atoms with van der Waals surface area (Å²) in [5, 5.41) is 9.40. The Morgan fingerprint density at radius 1 is 1.19 bits per heavy atom. The number of nitrogens with zero attached hydrogens (tertiary/aromatic N) is 4. The molecule has 27 heavy (non-hydrogen) atoms. The van der Waals surface area contributed by atoms with Crippen LogP contribution in [-0.2, 0) is 6.54 Å². The van der Waals surface area contributed by atoms with E-state index in [0.717, 1.165) is 46.9 Å². The molecule has 0 aliphatic rings. The van der Waals surface area contributed by atoms with E-state index in [1.807, 2.05) is 16.8 Å². The van der Waals surface area contributed by atoms with Gasteiger partial charge in [-0.15, -0.1) is 0 Å². The lowest BCUT2D eigenvalue weighted by molar-refractivity contribution is 0.102. The zero-order chi connectivity index (χ0) is 18.8. The highest BCUT2D eigenvalue weighted by atomic mass is 16.2. The molecule has 4 rings (SSSR count). The number of nitrogens with one attached hydrogen (secondary N) is 1. The maximum Gasteiger partial charge on any atom is 0.275 e. The first-order valence-electron chi connectivity index (χ1n) is 9.16. The van der Waals surface area contributed by atoms with Gasteiger partial charge in [-0.05, 0) is 43.2 Å². The zero-order valence-corrected chi connectivity index (χ0v) is 15.4. The van der Waals surface area contributed by atoms with Crippen LogP contribution in [0.2, 0.25) is 0 Å². The number of amides is 1. The molecule has 1 aromatic carbocycles. The first kappa shape index (κ1) is 17.1. The summed E-state index contributed by atoms with van der Waals surface area (Å²) in [6.07, 6.45) is 3.66. The van der Waals surface area contributed by atoms with Crippen molar-refractivity contribution in [2.24, 2.45) is 0 Å². The van der Waals surface area contributed by atoms with Crippen LogP contribution in [0.5, 0.6) is 0 Å². The summed E-state index contributed by atoms with van der Waals surface area (Å²) < 4.78 is 1.88. The van der Waals surface area contributed by atoms with Gasteiger partial charge in [-0.2, -0.15) is 5.10 Å². The quantitative estimate of drug-likeness (QED) is 0.575. The summed E-state index contributed by atoms with van der Waals surface area (Å²) in [6.45, 7) is 4.95. The van der Waals surface area contributed by atoms with Crippen LogP contribution < -0.4 is 5.32 Å². The number of carbonyl (C=O) groups excluding carboxylic acids is 1. The molecule has 3 heterocycles. The van der Waals surface area contributed by atoms with Crippen molar-refractivity contribution in [1.82, 2.24) is 19.7 Å². The number of aromatic nitrogens is 4. The van der Waals surface area contributed by atoms with E-state index in [9.17, 15) is 4.79 Å². The van der Waals surface area contributed by atoms with Crippen LogP contribution >= 0.6 is 0 Å². The van der Waals surface area contributed by atoms with Gasteiger partial charge in [-0.3, -0.25) is 9.78 Å². The molecule has 1 amide bonds. The Morgan fingerprint density at radius 2 is 2.07 bits per heavy atom. The summed E-state index contributed by atoms with van der Waals surface area (Å²) in [5.74, 6) is 0.244. The molecule has 4 aromatic rings. The molecular weight excluding hydrogens is 338 g/mol. The van der Waals surface area contributed by atoms with Crippen molar-refractivity contribution in [2.75, 3.05) is 5.32 Å². The number of fused-ring (bicyclic) bond motifs is 2. The highest BCUT2D eigenvalue weighted by Gasteiger charge is 2.16. The average molecular weight is 359 g/mol. The van der Waals surface area contributed by atoms with Gasteiger partial charge in [-0.1, -0.05) is 31.5 Å². The molecule has 0 atom stereocenters. The molecule has 0 bridgehead atoms. The van der Waals surface area contributed by atoms with Crippen LogP contribution in [0.4, 0.5) is 5.82 Å². The van der Waals surface area contributed by atoms with Gasteiger partial charge < -0.3 is 5.32 Å². The summed E-state index contributed by atoms with van der Waals surface area (Å²) in [7, 11) is 0. The largest absolute Gasteiger partial charge is 0.303 e. The first-order valence-corrected chi connectivity index (χ1v) is 9.16. The van der Waals surface area contributed by atoms with Crippen LogP contribution in [0.1, 0.15) is 35.8 Å². The van der Waals surface area contributed by atoms with Gasteiger partial charge in [0, 0.05) is 18.1 Å². The van der Waals surface area contributed by atoms with Crippen LogP contribution in [0.15, 0.2) is 48.7 Å². The van der Waals surface area contributed by atoms with E-state index in [2.05, 4.69) is 41.4 Å². The Balaban J connectivity index is 1.81. The Bertz CT molecular complexity index is 1120. The summed E-state index contributed by atoms with van der Waals surface area (Å²) in [6, 6.07) is 13.5. The van der Waals surface area contributed by atoms with Crippen LogP contribution in [-0.4, -0.2) is 25.7 Å². The van der Waals surface area contributed by atoms with Gasteiger partial charge in [0.05, 0.1) is 10.9 Å². The van der Waals surface area contributed by atoms with Crippen molar-refractivity contribution in [2.45, 2.75) is 33.2 Å². The lowest BCUT2D eigenvalue weighted by Crippen LogP contribution is -2.14. The van der Waals surface area contributed by atoms with Crippen molar-refractivity contribution < 1.29 is 4.79 Å². The Labute approximate surface area is 157 Å². The molecule has 6 heteroatoms. The second-order valence-corrected chi connectivity index (χ2v) is 6.65. The smallest absolute Gasteiger partial charge is 0.275 e. The highest BCUT2D eigenvalue weighted by molar-refractivity contribution is 6.08. The number of carbonyl (C=O) groups is 1. The minimum atomic E-state index is -0.276. The summed E-state index contributed by atoms with van der Waals surface area (Å²) in [5.41, 5.74) is 3.25. The molecule has 0 saturated heterocycles. The SMILES string of the molecule is CCCCn1nc(NC(=O)c2ccccn2)c2cc3ccc(C)cc3nc21. The van der Waals surface area contributed by atoms with Crippen LogP contribution in [0.3, 0.4) is 0 Å². The number of aryl methyl sites for hydroxylation is 2. The van der Waals surface area contributed by atoms with E-state index >= 15 is 0 Å².